The number of benzene rings is 1. The fourth-order valence-electron chi connectivity index (χ4n) is 3.36. The van der Waals surface area contributed by atoms with E-state index in [1.54, 1.807) is 23.1 Å². The first-order valence-corrected chi connectivity index (χ1v) is 10.7. The van der Waals surface area contributed by atoms with Crippen LogP contribution in [0.3, 0.4) is 0 Å². The van der Waals surface area contributed by atoms with E-state index in [-0.39, 0.29) is 30.9 Å². The number of piperidine rings is 1. The van der Waals surface area contributed by atoms with Crippen molar-refractivity contribution in [2.24, 2.45) is 0 Å². The third kappa shape index (κ3) is 6.64. The Morgan fingerprint density at radius 1 is 1.00 bits per heavy atom. The maximum Gasteiger partial charge on any atom is 0.260 e. The zero-order valence-electron chi connectivity index (χ0n) is 18.2. The highest BCUT2D eigenvalue weighted by atomic mass is 16.5. The molecule has 3 amide bonds. The Morgan fingerprint density at radius 3 is 2.33 bits per heavy atom. The van der Waals surface area contributed by atoms with Crippen LogP contribution in [0.15, 0.2) is 18.2 Å². The monoisotopic (exact) mass is 419 g/mol. The molecule has 0 spiro atoms. The van der Waals surface area contributed by atoms with E-state index in [9.17, 15) is 14.4 Å². The quantitative estimate of drug-likeness (QED) is 0.627. The Bertz CT molecular complexity index is 727. The SMILES string of the molecule is CCOc1cc(C(=O)NCC(=O)N(CC)CC)ccc1OCC(=O)N1CCCCC1. The number of carbonyl (C=O) groups is 3. The first kappa shape index (κ1) is 23.5. The number of ether oxygens (including phenoxy) is 2. The molecule has 8 nitrogen and oxygen atoms in total. The molecule has 1 aromatic carbocycles. The summed E-state index contributed by atoms with van der Waals surface area (Å²) < 4.78 is 11.3. The lowest BCUT2D eigenvalue weighted by molar-refractivity contribution is -0.134. The molecule has 1 saturated heterocycles. The van der Waals surface area contributed by atoms with E-state index in [0.29, 0.717) is 36.8 Å². The van der Waals surface area contributed by atoms with Gasteiger partial charge >= 0.3 is 0 Å². The van der Waals surface area contributed by atoms with Crippen LogP contribution in [0.2, 0.25) is 0 Å². The first-order valence-electron chi connectivity index (χ1n) is 10.7. The minimum absolute atomic E-state index is 0.0473. The van der Waals surface area contributed by atoms with Gasteiger partial charge in [-0.2, -0.15) is 0 Å². The van der Waals surface area contributed by atoms with Crippen molar-refractivity contribution < 1.29 is 23.9 Å². The standard InChI is InChI=1S/C22H33N3O5/c1-4-24(5-2)20(26)15-23-22(28)17-10-11-18(19(14-17)29-6-3)30-16-21(27)25-12-8-7-9-13-25/h10-11,14H,4-9,12-13,15-16H2,1-3H3,(H,23,28). The van der Waals surface area contributed by atoms with Gasteiger partial charge < -0.3 is 24.6 Å². The highest BCUT2D eigenvalue weighted by Gasteiger charge is 2.19. The van der Waals surface area contributed by atoms with Gasteiger partial charge in [0.2, 0.25) is 5.91 Å². The summed E-state index contributed by atoms with van der Waals surface area (Å²) in [5.41, 5.74) is 0.362. The number of hydrogen-bond donors (Lipinski definition) is 1. The topological polar surface area (TPSA) is 88.2 Å². The summed E-state index contributed by atoms with van der Waals surface area (Å²) in [7, 11) is 0. The Balaban J connectivity index is 1.98. The van der Waals surface area contributed by atoms with Crippen LogP contribution >= 0.6 is 0 Å². The fraction of sp³-hybridized carbons (Fsp3) is 0.591. The number of nitrogens with one attached hydrogen (secondary N) is 1. The summed E-state index contributed by atoms with van der Waals surface area (Å²) in [6.07, 6.45) is 3.20. The minimum Gasteiger partial charge on any atom is -0.490 e. The van der Waals surface area contributed by atoms with Crippen LogP contribution in [-0.4, -0.2) is 73.5 Å². The number of nitrogens with zero attached hydrogens (tertiary/aromatic N) is 2. The van der Waals surface area contributed by atoms with Crippen LogP contribution in [0, 0.1) is 0 Å². The number of likely N-dealkylation sites (N-methyl/N-ethyl adjacent to an activating group) is 1. The molecule has 1 N–H and O–H groups in total. The second-order valence-electron chi connectivity index (χ2n) is 7.07. The van der Waals surface area contributed by atoms with Crippen molar-refractivity contribution in [1.29, 1.82) is 0 Å². The average Bonchev–Trinajstić information content (AvgIpc) is 2.78. The molecule has 166 valence electrons. The second kappa shape index (κ2) is 12.0. The number of likely N-dealkylation sites (tertiary alicyclic amines) is 1. The molecule has 1 heterocycles. The van der Waals surface area contributed by atoms with Crippen LogP contribution in [0.4, 0.5) is 0 Å². The van der Waals surface area contributed by atoms with Crippen molar-refractivity contribution in [3.63, 3.8) is 0 Å². The molecule has 1 fully saturated rings. The van der Waals surface area contributed by atoms with Crippen molar-refractivity contribution in [3.05, 3.63) is 23.8 Å². The van der Waals surface area contributed by atoms with E-state index in [1.165, 1.54) is 0 Å². The van der Waals surface area contributed by atoms with E-state index in [0.717, 1.165) is 32.4 Å². The maximum atomic E-state index is 12.4. The number of rotatable bonds is 10. The Hall–Kier alpha value is -2.77. The van der Waals surface area contributed by atoms with Crippen molar-refractivity contribution in [3.8, 4) is 11.5 Å². The van der Waals surface area contributed by atoms with Gasteiger partial charge in [0.05, 0.1) is 13.2 Å². The predicted octanol–water partition coefficient (Wildman–Crippen LogP) is 2.07. The van der Waals surface area contributed by atoms with Crippen molar-refractivity contribution in [2.45, 2.75) is 40.0 Å². The Morgan fingerprint density at radius 2 is 1.70 bits per heavy atom. The zero-order valence-corrected chi connectivity index (χ0v) is 18.2. The second-order valence-corrected chi connectivity index (χ2v) is 7.07. The molecule has 0 saturated carbocycles. The molecule has 0 radical (unpaired) electrons. The molecule has 2 rings (SSSR count). The van der Waals surface area contributed by atoms with Gasteiger partial charge in [0, 0.05) is 31.7 Å². The molecule has 1 aliphatic rings. The van der Waals surface area contributed by atoms with Gasteiger partial charge in [-0.25, -0.2) is 0 Å². The third-order valence-electron chi connectivity index (χ3n) is 5.08. The molecule has 30 heavy (non-hydrogen) atoms. The maximum absolute atomic E-state index is 12.4. The molecule has 1 aliphatic heterocycles. The summed E-state index contributed by atoms with van der Waals surface area (Å²) in [5.74, 6) is 0.264. The minimum atomic E-state index is -0.368. The van der Waals surface area contributed by atoms with Crippen molar-refractivity contribution in [1.82, 2.24) is 15.1 Å². The summed E-state index contributed by atoms with van der Waals surface area (Å²) in [5, 5.41) is 2.64. The lowest BCUT2D eigenvalue weighted by atomic mass is 10.1. The highest BCUT2D eigenvalue weighted by Crippen LogP contribution is 2.28. The normalized spacial score (nSPS) is 13.5. The van der Waals surface area contributed by atoms with Gasteiger partial charge in [-0.05, 0) is 58.2 Å². The van der Waals surface area contributed by atoms with E-state index < -0.39 is 0 Å². The average molecular weight is 420 g/mol. The molecular weight excluding hydrogens is 386 g/mol. The predicted molar refractivity (Wildman–Crippen MR) is 114 cm³/mol. The van der Waals surface area contributed by atoms with E-state index in [4.69, 9.17) is 9.47 Å². The molecule has 0 unspecified atom stereocenters. The van der Waals surface area contributed by atoms with Crippen LogP contribution in [0.25, 0.3) is 0 Å². The molecule has 0 aliphatic carbocycles. The summed E-state index contributed by atoms with van der Waals surface area (Å²) in [6.45, 7) is 8.62. The van der Waals surface area contributed by atoms with Gasteiger partial charge in [-0.1, -0.05) is 0 Å². The van der Waals surface area contributed by atoms with E-state index in [1.807, 2.05) is 25.7 Å². The van der Waals surface area contributed by atoms with Gasteiger partial charge in [-0.3, -0.25) is 14.4 Å². The lowest BCUT2D eigenvalue weighted by Crippen LogP contribution is -2.40. The van der Waals surface area contributed by atoms with Crippen LogP contribution in [-0.2, 0) is 9.59 Å². The Kier molecular flexibility index (Phi) is 9.44. The van der Waals surface area contributed by atoms with Crippen molar-refractivity contribution in [2.75, 3.05) is 45.9 Å². The fourth-order valence-corrected chi connectivity index (χ4v) is 3.36. The van der Waals surface area contributed by atoms with Gasteiger partial charge in [0.15, 0.2) is 18.1 Å². The van der Waals surface area contributed by atoms with Gasteiger partial charge in [0.1, 0.15) is 0 Å². The molecule has 8 heteroatoms. The Labute approximate surface area is 178 Å². The lowest BCUT2D eigenvalue weighted by Gasteiger charge is -2.26. The van der Waals surface area contributed by atoms with Crippen LogP contribution < -0.4 is 14.8 Å². The molecule has 0 aromatic heterocycles. The number of amides is 3. The summed E-state index contributed by atoms with van der Waals surface area (Å²) in [4.78, 5) is 40.3. The third-order valence-corrected chi connectivity index (χ3v) is 5.08. The first-order chi connectivity index (χ1) is 14.5. The van der Waals surface area contributed by atoms with E-state index >= 15 is 0 Å². The van der Waals surface area contributed by atoms with Gasteiger partial charge in [0.25, 0.3) is 11.8 Å². The van der Waals surface area contributed by atoms with Gasteiger partial charge in [-0.15, -0.1) is 0 Å². The smallest absolute Gasteiger partial charge is 0.260 e. The molecular formula is C22H33N3O5. The largest absolute Gasteiger partial charge is 0.490 e. The van der Waals surface area contributed by atoms with E-state index in [2.05, 4.69) is 5.32 Å². The summed E-state index contributed by atoms with van der Waals surface area (Å²) >= 11 is 0. The van der Waals surface area contributed by atoms with Crippen LogP contribution in [0.5, 0.6) is 11.5 Å². The zero-order chi connectivity index (χ0) is 21.9. The molecule has 0 bridgehead atoms. The highest BCUT2D eigenvalue weighted by molar-refractivity contribution is 5.97. The molecule has 0 atom stereocenters. The molecule has 1 aromatic rings. The summed E-state index contributed by atoms with van der Waals surface area (Å²) in [6, 6.07) is 4.79. The number of carbonyl (C=O) groups excluding carboxylic acids is 3. The number of hydrogen-bond acceptors (Lipinski definition) is 5. The van der Waals surface area contributed by atoms with Crippen molar-refractivity contribution >= 4 is 17.7 Å². The van der Waals surface area contributed by atoms with Crippen LogP contribution in [0.1, 0.15) is 50.4 Å².